The Morgan fingerprint density at radius 2 is 1.86 bits per heavy atom. The first-order valence-electron chi connectivity index (χ1n) is 9.49. The summed E-state index contributed by atoms with van der Waals surface area (Å²) in [6.45, 7) is 4.16. The van der Waals surface area contributed by atoms with E-state index >= 15 is 0 Å². The Bertz CT molecular complexity index is 894. The van der Waals surface area contributed by atoms with Crippen molar-refractivity contribution in [1.29, 1.82) is 0 Å². The van der Waals surface area contributed by atoms with Gasteiger partial charge in [-0.3, -0.25) is 4.79 Å². The molecule has 0 spiro atoms. The maximum Gasteiger partial charge on any atom is 0.249 e. The van der Waals surface area contributed by atoms with E-state index in [2.05, 4.69) is 45.2 Å². The molecule has 1 N–H and O–H groups in total. The van der Waals surface area contributed by atoms with Gasteiger partial charge in [-0.15, -0.1) is 0 Å². The van der Waals surface area contributed by atoms with Crippen LogP contribution in [-0.4, -0.2) is 16.0 Å². The first kappa shape index (κ1) is 20.3. The van der Waals surface area contributed by atoms with Gasteiger partial charge in [-0.2, -0.15) is 4.98 Å². The molecule has 0 bridgehead atoms. The normalized spacial score (nSPS) is 13.1. The largest absolute Gasteiger partial charge is 0.344 e. The molecule has 28 heavy (non-hydrogen) atoms. The van der Waals surface area contributed by atoms with Crippen LogP contribution in [0.15, 0.2) is 63.6 Å². The number of carbonyl (C=O) groups is 1. The van der Waals surface area contributed by atoms with E-state index in [1.165, 1.54) is 0 Å². The molecule has 0 aliphatic heterocycles. The van der Waals surface area contributed by atoms with E-state index in [4.69, 9.17) is 4.52 Å². The summed E-state index contributed by atoms with van der Waals surface area (Å²) in [5.74, 6) is 1.13. The molecule has 0 fully saturated rings. The Morgan fingerprint density at radius 3 is 2.54 bits per heavy atom. The summed E-state index contributed by atoms with van der Waals surface area (Å²) in [7, 11) is 0. The van der Waals surface area contributed by atoms with Crippen LogP contribution in [0.25, 0.3) is 11.4 Å². The van der Waals surface area contributed by atoms with E-state index in [9.17, 15) is 4.79 Å². The van der Waals surface area contributed by atoms with E-state index in [1.54, 1.807) is 0 Å². The highest BCUT2D eigenvalue weighted by Gasteiger charge is 2.26. The maximum absolute atomic E-state index is 12.5. The number of benzene rings is 2. The first-order valence-corrected chi connectivity index (χ1v) is 10.3. The number of hydrogen-bond acceptors (Lipinski definition) is 4. The lowest BCUT2D eigenvalue weighted by Gasteiger charge is -2.20. The average Bonchev–Trinajstić information content (AvgIpc) is 3.21. The van der Waals surface area contributed by atoms with Gasteiger partial charge < -0.3 is 9.84 Å². The van der Waals surface area contributed by atoms with Crippen LogP contribution in [0.2, 0.25) is 0 Å². The van der Waals surface area contributed by atoms with Crippen LogP contribution in [0.1, 0.15) is 44.2 Å². The molecule has 2 aromatic carbocycles. The van der Waals surface area contributed by atoms with Crippen LogP contribution in [0.4, 0.5) is 0 Å². The van der Waals surface area contributed by atoms with Crippen molar-refractivity contribution in [2.75, 3.05) is 0 Å². The maximum atomic E-state index is 12.5. The molecule has 0 radical (unpaired) electrons. The highest BCUT2D eigenvalue weighted by Crippen LogP contribution is 2.26. The molecule has 3 aromatic rings. The summed E-state index contributed by atoms with van der Waals surface area (Å²) < 4.78 is 6.50. The number of halogens is 1. The number of carbonyl (C=O) groups excluding carboxylic acids is 1. The Kier molecular flexibility index (Phi) is 6.98. The van der Waals surface area contributed by atoms with Crippen LogP contribution in [0.3, 0.4) is 0 Å². The van der Waals surface area contributed by atoms with E-state index in [-0.39, 0.29) is 17.9 Å². The molecule has 0 aliphatic rings. The Morgan fingerprint density at radius 1 is 1.14 bits per heavy atom. The van der Waals surface area contributed by atoms with Gasteiger partial charge in [-0.25, -0.2) is 0 Å². The molecule has 0 aliphatic carbocycles. The molecule has 1 amide bonds. The second kappa shape index (κ2) is 9.64. The van der Waals surface area contributed by atoms with Crippen molar-refractivity contribution in [3.05, 3.63) is 70.5 Å². The third kappa shape index (κ3) is 5.29. The number of aryl methyl sites for hydroxylation is 1. The molecule has 0 saturated carbocycles. The zero-order valence-electron chi connectivity index (χ0n) is 16.1. The fourth-order valence-corrected chi connectivity index (χ4v) is 3.17. The minimum Gasteiger partial charge on any atom is -0.344 e. The number of hydrogen-bond donors (Lipinski definition) is 1. The Labute approximate surface area is 173 Å². The van der Waals surface area contributed by atoms with Crippen molar-refractivity contribution in [2.45, 2.75) is 39.2 Å². The molecule has 2 atom stereocenters. The minimum atomic E-state index is -0.301. The van der Waals surface area contributed by atoms with Crippen molar-refractivity contribution >= 4 is 21.8 Å². The zero-order valence-corrected chi connectivity index (χ0v) is 17.6. The van der Waals surface area contributed by atoms with Crippen LogP contribution in [-0.2, 0) is 11.2 Å². The van der Waals surface area contributed by atoms with Crippen molar-refractivity contribution in [3.8, 4) is 11.4 Å². The van der Waals surface area contributed by atoms with Crippen LogP contribution in [0.5, 0.6) is 0 Å². The Hall–Kier alpha value is -2.47. The predicted octanol–water partition coefficient (Wildman–Crippen LogP) is 5.34. The van der Waals surface area contributed by atoms with Crippen molar-refractivity contribution in [3.63, 3.8) is 0 Å². The lowest BCUT2D eigenvalue weighted by atomic mass is 9.98. The standard InChI is InChI=1S/C22H24BrN3O2/c1-3-15(2)20(24-19(27)14-9-16-7-5-4-6-8-16)22-25-21(26-28-22)17-10-12-18(23)13-11-17/h4-8,10-13,15,20H,3,9,14H2,1-2H3,(H,24,27)/t15-,20-/m1/s1. The molecule has 0 saturated heterocycles. The van der Waals surface area contributed by atoms with Gasteiger partial charge in [-0.1, -0.05) is 71.7 Å². The zero-order chi connectivity index (χ0) is 19.9. The predicted molar refractivity (Wildman–Crippen MR) is 113 cm³/mol. The molecular formula is C22H24BrN3O2. The summed E-state index contributed by atoms with van der Waals surface area (Å²) in [6, 6.07) is 17.4. The fourth-order valence-electron chi connectivity index (χ4n) is 2.91. The molecule has 0 unspecified atom stereocenters. The summed E-state index contributed by atoms with van der Waals surface area (Å²) in [5, 5.41) is 7.19. The van der Waals surface area contributed by atoms with E-state index in [0.717, 1.165) is 22.0 Å². The lowest BCUT2D eigenvalue weighted by Crippen LogP contribution is -2.32. The minimum absolute atomic E-state index is 0.0162. The number of aromatic nitrogens is 2. The molecule has 5 nitrogen and oxygen atoms in total. The Balaban J connectivity index is 1.70. The summed E-state index contributed by atoms with van der Waals surface area (Å²) in [6.07, 6.45) is 2.01. The molecule has 1 aromatic heterocycles. The van der Waals surface area contributed by atoms with Crippen LogP contribution in [0, 0.1) is 5.92 Å². The third-order valence-corrected chi connectivity index (χ3v) is 5.35. The topological polar surface area (TPSA) is 68.0 Å². The monoisotopic (exact) mass is 441 g/mol. The summed E-state index contributed by atoms with van der Waals surface area (Å²) >= 11 is 3.42. The second-order valence-electron chi connectivity index (χ2n) is 6.88. The molecule has 3 rings (SSSR count). The van der Waals surface area contributed by atoms with Crippen molar-refractivity contribution in [1.82, 2.24) is 15.5 Å². The van der Waals surface area contributed by atoms with Gasteiger partial charge in [0.25, 0.3) is 0 Å². The highest BCUT2D eigenvalue weighted by atomic mass is 79.9. The van der Waals surface area contributed by atoms with Gasteiger partial charge in [0.2, 0.25) is 17.6 Å². The van der Waals surface area contributed by atoms with Gasteiger partial charge in [0.05, 0.1) is 0 Å². The highest BCUT2D eigenvalue weighted by molar-refractivity contribution is 9.10. The lowest BCUT2D eigenvalue weighted by molar-refractivity contribution is -0.122. The smallest absolute Gasteiger partial charge is 0.249 e. The van der Waals surface area contributed by atoms with Gasteiger partial charge in [0, 0.05) is 16.5 Å². The van der Waals surface area contributed by atoms with Gasteiger partial charge in [-0.05, 0) is 42.2 Å². The molecular weight excluding hydrogens is 418 g/mol. The first-order chi connectivity index (χ1) is 13.6. The number of nitrogens with zero attached hydrogens (tertiary/aromatic N) is 2. The summed E-state index contributed by atoms with van der Waals surface area (Å²) in [4.78, 5) is 17.1. The van der Waals surface area contributed by atoms with Crippen LogP contribution >= 0.6 is 15.9 Å². The second-order valence-corrected chi connectivity index (χ2v) is 7.80. The molecule has 146 valence electrons. The number of amides is 1. The van der Waals surface area contributed by atoms with Gasteiger partial charge in [0.15, 0.2) is 0 Å². The van der Waals surface area contributed by atoms with Crippen LogP contribution < -0.4 is 5.32 Å². The number of rotatable bonds is 8. The molecule has 1 heterocycles. The van der Waals surface area contributed by atoms with Crippen molar-refractivity contribution in [2.24, 2.45) is 5.92 Å². The summed E-state index contributed by atoms with van der Waals surface area (Å²) in [5.41, 5.74) is 2.02. The number of nitrogens with one attached hydrogen (secondary N) is 1. The fraction of sp³-hybridized carbons (Fsp3) is 0.318. The quantitative estimate of drug-likeness (QED) is 0.512. The SMILES string of the molecule is CC[C@@H](C)[C@@H](NC(=O)CCc1ccccc1)c1nc(-c2ccc(Br)cc2)no1. The van der Waals surface area contributed by atoms with E-state index < -0.39 is 0 Å². The average molecular weight is 442 g/mol. The third-order valence-electron chi connectivity index (χ3n) is 4.82. The van der Waals surface area contributed by atoms with E-state index in [0.29, 0.717) is 24.6 Å². The van der Waals surface area contributed by atoms with Gasteiger partial charge in [0.1, 0.15) is 6.04 Å². The van der Waals surface area contributed by atoms with E-state index in [1.807, 2.05) is 54.6 Å². The molecule has 6 heteroatoms. The van der Waals surface area contributed by atoms with Gasteiger partial charge >= 0.3 is 0 Å². The van der Waals surface area contributed by atoms with Crippen molar-refractivity contribution < 1.29 is 9.32 Å².